The molecule has 3 heterocycles. The van der Waals surface area contributed by atoms with E-state index in [2.05, 4.69) is 37.6 Å². The zero-order chi connectivity index (χ0) is 23.3. The second-order valence-corrected chi connectivity index (χ2v) is 10.8. The van der Waals surface area contributed by atoms with Crippen molar-refractivity contribution in [2.45, 2.75) is 62.7 Å². The standard InChI is InChI=1S/C25H30N4O3S2/c1-17(18-9-10-21-22(14-18)32-12-11-31-21)26-24(30)16-34-25-28-27-23(15-20-8-5-13-33-20)29(25)19-6-3-2-4-7-19/h5,8-10,13-14,17,19H,2-4,6-7,11-12,15-16H2,1H3,(H,26,30)/t17-/m0/s1. The van der Waals surface area contributed by atoms with E-state index in [9.17, 15) is 4.79 Å². The van der Waals surface area contributed by atoms with E-state index in [1.165, 1.54) is 35.9 Å². The predicted octanol–water partition coefficient (Wildman–Crippen LogP) is 5.18. The van der Waals surface area contributed by atoms with E-state index < -0.39 is 0 Å². The number of hydrogen-bond donors (Lipinski definition) is 1. The summed E-state index contributed by atoms with van der Waals surface area (Å²) >= 11 is 3.22. The predicted molar refractivity (Wildman–Crippen MR) is 134 cm³/mol. The highest BCUT2D eigenvalue weighted by atomic mass is 32.2. The van der Waals surface area contributed by atoms with Crippen LogP contribution in [0.3, 0.4) is 0 Å². The number of rotatable bonds is 8. The molecule has 7 nitrogen and oxygen atoms in total. The van der Waals surface area contributed by atoms with Crippen LogP contribution in [0.5, 0.6) is 11.5 Å². The van der Waals surface area contributed by atoms with Gasteiger partial charge in [-0.25, -0.2) is 0 Å². The first-order valence-corrected chi connectivity index (χ1v) is 13.8. The number of nitrogens with zero attached hydrogens (tertiary/aromatic N) is 3. The van der Waals surface area contributed by atoms with Crippen molar-refractivity contribution >= 4 is 29.0 Å². The second kappa shape index (κ2) is 10.8. The highest BCUT2D eigenvalue weighted by Gasteiger charge is 2.24. The Morgan fingerprint density at radius 3 is 2.79 bits per heavy atom. The Labute approximate surface area is 208 Å². The minimum absolute atomic E-state index is 0.0228. The monoisotopic (exact) mass is 498 g/mol. The number of fused-ring (bicyclic) bond motifs is 1. The number of aromatic nitrogens is 3. The highest BCUT2D eigenvalue weighted by molar-refractivity contribution is 7.99. The zero-order valence-electron chi connectivity index (χ0n) is 19.4. The third kappa shape index (κ3) is 5.41. The highest BCUT2D eigenvalue weighted by Crippen LogP contribution is 2.34. The third-order valence-corrected chi connectivity index (χ3v) is 8.18. The summed E-state index contributed by atoms with van der Waals surface area (Å²) in [4.78, 5) is 14.1. The molecule has 3 aromatic rings. The number of thiophene rings is 1. The molecule has 2 aliphatic rings. The molecule has 34 heavy (non-hydrogen) atoms. The number of benzene rings is 1. The minimum atomic E-state index is -0.130. The lowest BCUT2D eigenvalue weighted by Gasteiger charge is -2.25. The molecule has 2 aromatic heterocycles. The van der Waals surface area contributed by atoms with Crippen LogP contribution in [-0.2, 0) is 11.2 Å². The maximum atomic E-state index is 12.8. The van der Waals surface area contributed by atoms with Crippen LogP contribution < -0.4 is 14.8 Å². The molecule has 1 aromatic carbocycles. The van der Waals surface area contributed by atoms with E-state index in [0.717, 1.165) is 47.3 Å². The van der Waals surface area contributed by atoms with Gasteiger partial charge in [-0.3, -0.25) is 4.79 Å². The molecule has 1 aliphatic heterocycles. The zero-order valence-corrected chi connectivity index (χ0v) is 21.0. The molecule has 1 fully saturated rings. The summed E-state index contributed by atoms with van der Waals surface area (Å²) < 4.78 is 13.6. The van der Waals surface area contributed by atoms with Gasteiger partial charge in [-0.1, -0.05) is 43.2 Å². The molecule has 0 bridgehead atoms. The summed E-state index contributed by atoms with van der Waals surface area (Å²) in [5.41, 5.74) is 0.992. The number of thioether (sulfide) groups is 1. The summed E-state index contributed by atoms with van der Waals surface area (Å²) in [5, 5.41) is 15.1. The Balaban J connectivity index is 1.24. The molecular formula is C25H30N4O3S2. The molecule has 9 heteroatoms. The van der Waals surface area contributed by atoms with Gasteiger partial charge in [0.15, 0.2) is 16.7 Å². The van der Waals surface area contributed by atoms with Crippen LogP contribution in [0.25, 0.3) is 0 Å². The van der Waals surface area contributed by atoms with Crippen molar-refractivity contribution in [2.24, 2.45) is 0 Å². The Morgan fingerprint density at radius 1 is 1.18 bits per heavy atom. The normalized spacial score (nSPS) is 16.9. The topological polar surface area (TPSA) is 78.3 Å². The summed E-state index contributed by atoms with van der Waals surface area (Å²) in [6.07, 6.45) is 6.85. The number of carbonyl (C=O) groups excluding carboxylic acids is 1. The summed E-state index contributed by atoms with van der Waals surface area (Å²) in [7, 11) is 0. The molecule has 0 spiro atoms. The van der Waals surface area contributed by atoms with Gasteiger partial charge < -0.3 is 19.4 Å². The van der Waals surface area contributed by atoms with Gasteiger partial charge in [0.25, 0.3) is 0 Å². The molecule has 180 valence electrons. The van der Waals surface area contributed by atoms with Crippen molar-refractivity contribution in [1.82, 2.24) is 20.1 Å². The average Bonchev–Trinajstić information content (AvgIpc) is 3.53. The van der Waals surface area contributed by atoms with E-state index in [0.29, 0.717) is 25.0 Å². The number of nitrogens with one attached hydrogen (secondary N) is 1. The van der Waals surface area contributed by atoms with Gasteiger partial charge in [0.05, 0.1) is 11.8 Å². The molecule has 1 saturated carbocycles. The lowest BCUT2D eigenvalue weighted by molar-refractivity contribution is -0.119. The van der Waals surface area contributed by atoms with E-state index in [1.54, 1.807) is 11.3 Å². The summed E-state index contributed by atoms with van der Waals surface area (Å²) in [6.45, 7) is 3.10. The van der Waals surface area contributed by atoms with Gasteiger partial charge in [0.1, 0.15) is 19.0 Å². The van der Waals surface area contributed by atoms with Crippen molar-refractivity contribution in [1.29, 1.82) is 0 Å². The van der Waals surface area contributed by atoms with Crippen LogP contribution in [-0.4, -0.2) is 39.6 Å². The van der Waals surface area contributed by atoms with Gasteiger partial charge >= 0.3 is 0 Å². The Kier molecular flexibility index (Phi) is 7.39. The minimum Gasteiger partial charge on any atom is -0.486 e. The van der Waals surface area contributed by atoms with Gasteiger partial charge in [0.2, 0.25) is 5.91 Å². The molecular weight excluding hydrogens is 468 g/mol. The van der Waals surface area contributed by atoms with E-state index in [-0.39, 0.29) is 11.9 Å². The van der Waals surface area contributed by atoms with E-state index in [4.69, 9.17) is 9.47 Å². The van der Waals surface area contributed by atoms with Gasteiger partial charge in [-0.05, 0) is 48.9 Å². The van der Waals surface area contributed by atoms with Crippen LogP contribution in [0.2, 0.25) is 0 Å². The van der Waals surface area contributed by atoms with Crippen molar-refractivity contribution < 1.29 is 14.3 Å². The Hall–Kier alpha value is -2.52. The first-order chi connectivity index (χ1) is 16.7. The smallest absolute Gasteiger partial charge is 0.230 e. The molecule has 0 unspecified atom stereocenters. The molecule has 1 aliphatic carbocycles. The molecule has 1 atom stereocenters. The fourth-order valence-electron chi connectivity index (χ4n) is 4.63. The largest absolute Gasteiger partial charge is 0.486 e. The second-order valence-electron chi connectivity index (χ2n) is 8.80. The quantitative estimate of drug-likeness (QED) is 0.432. The molecule has 0 saturated heterocycles. The summed E-state index contributed by atoms with van der Waals surface area (Å²) in [6, 6.07) is 10.3. The Morgan fingerprint density at radius 2 is 2.00 bits per heavy atom. The van der Waals surface area contributed by atoms with Crippen molar-refractivity contribution in [2.75, 3.05) is 19.0 Å². The number of carbonyl (C=O) groups is 1. The van der Waals surface area contributed by atoms with Crippen LogP contribution in [0, 0.1) is 0 Å². The number of hydrogen-bond acceptors (Lipinski definition) is 7. The maximum absolute atomic E-state index is 12.8. The number of amides is 1. The van der Waals surface area contributed by atoms with Crippen molar-refractivity contribution in [3.63, 3.8) is 0 Å². The lowest BCUT2D eigenvalue weighted by atomic mass is 9.95. The van der Waals surface area contributed by atoms with Gasteiger partial charge in [-0.15, -0.1) is 21.5 Å². The molecule has 5 rings (SSSR count). The SMILES string of the molecule is C[C@H](NC(=O)CSc1nnc(Cc2cccs2)n1C1CCCCC1)c1ccc2c(c1)OCCO2. The van der Waals surface area contributed by atoms with Crippen LogP contribution in [0.15, 0.2) is 40.9 Å². The molecule has 1 N–H and O–H groups in total. The third-order valence-electron chi connectivity index (χ3n) is 6.36. The molecule has 1 amide bonds. The Bertz CT molecular complexity index is 1110. The van der Waals surface area contributed by atoms with Crippen LogP contribution >= 0.6 is 23.1 Å². The van der Waals surface area contributed by atoms with Crippen molar-refractivity contribution in [3.8, 4) is 11.5 Å². The first-order valence-electron chi connectivity index (χ1n) is 12.0. The lowest BCUT2D eigenvalue weighted by Crippen LogP contribution is -2.28. The van der Waals surface area contributed by atoms with Crippen molar-refractivity contribution in [3.05, 3.63) is 52.0 Å². The van der Waals surface area contributed by atoms with Crippen LogP contribution in [0.4, 0.5) is 0 Å². The van der Waals surface area contributed by atoms with E-state index >= 15 is 0 Å². The number of ether oxygens (including phenoxy) is 2. The van der Waals surface area contributed by atoms with E-state index in [1.807, 2.05) is 25.1 Å². The average molecular weight is 499 g/mol. The fourth-order valence-corrected chi connectivity index (χ4v) is 6.16. The fraction of sp³-hybridized carbons (Fsp3) is 0.480. The molecule has 0 radical (unpaired) electrons. The van der Waals surface area contributed by atoms with Crippen LogP contribution in [0.1, 0.15) is 67.4 Å². The van der Waals surface area contributed by atoms with Gasteiger partial charge in [0, 0.05) is 17.3 Å². The van der Waals surface area contributed by atoms with Gasteiger partial charge in [-0.2, -0.15) is 0 Å². The maximum Gasteiger partial charge on any atom is 0.230 e. The summed E-state index contributed by atoms with van der Waals surface area (Å²) in [5.74, 6) is 2.77. The first kappa shape index (κ1) is 23.2.